The topological polar surface area (TPSA) is 55.4 Å². The van der Waals surface area contributed by atoms with Crippen molar-refractivity contribution in [2.45, 2.75) is 51.4 Å². The molecule has 1 fully saturated rings. The molecule has 2 aliphatic rings. The molecular formula is C61H67O6OsP+. The number of hydrogen-bond donors (Lipinski definition) is 0. The van der Waals surface area contributed by atoms with E-state index in [1.165, 1.54) is 54.9 Å². The summed E-state index contributed by atoms with van der Waals surface area (Å²) in [6.07, 6.45) is 13.7. The molecule has 7 rings (SSSR count). The van der Waals surface area contributed by atoms with E-state index in [2.05, 4.69) is 182 Å². The molecule has 0 bridgehead atoms. The van der Waals surface area contributed by atoms with Gasteiger partial charge >= 0.3 is 319 Å². The first-order chi connectivity index (χ1) is 34.0. The van der Waals surface area contributed by atoms with Crippen molar-refractivity contribution < 1.29 is 46.4 Å². The molecule has 0 aliphatic heterocycles. The van der Waals surface area contributed by atoms with Crippen LogP contribution < -0.4 is 15.9 Å². The maximum atomic E-state index is 6.36. The quantitative estimate of drug-likeness (QED) is 0.0349. The van der Waals surface area contributed by atoms with Gasteiger partial charge in [0.25, 0.3) is 0 Å². The Morgan fingerprint density at radius 3 is 1.59 bits per heavy atom. The molecule has 5 aromatic carbocycles. The average molecular weight is 1120 g/mol. The number of hydrogen-bond acceptors (Lipinski definition) is 6. The van der Waals surface area contributed by atoms with E-state index >= 15 is 0 Å². The van der Waals surface area contributed by atoms with E-state index < -0.39 is 12.7 Å². The van der Waals surface area contributed by atoms with Gasteiger partial charge in [-0.15, -0.1) is 0 Å². The van der Waals surface area contributed by atoms with Gasteiger partial charge in [0.1, 0.15) is 0 Å². The second kappa shape index (κ2) is 27.0. The Morgan fingerprint density at radius 1 is 0.594 bits per heavy atom. The molecule has 0 heterocycles. The molecule has 0 spiro atoms. The molecule has 1 saturated carbocycles. The number of benzene rings is 5. The summed E-state index contributed by atoms with van der Waals surface area (Å²) in [6, 6.07) is 46.9. The van der Waals surface area contributed by atoms with Crippen molar-refractivity contribution in [3.63, 3.8) is 0 Å². The number of methoxy groups -OCH3 is 2. The summed E-state index contributed by atoms with van der Waals surface area (Å²) in [7, 11) is 0.855. The fourth-order valence-electron chi connectivity index (χ4n) is 9.81. The standard InChI is InChI=1S/C61H67O6P.Os/c1-6-18-49-28-31-57-58-32-29-50(46-60(58)61(59(57)45-49,33-35-64-41-43-66-39-37-62-4)34-36-65-42-44-67-40-38-63-5)27-30-52(47-53-20-17-19-51(53)7-2)48(3)68(54-21-11-8-12-22-54,55-23-13-9-14-24-55)56-25-15-10-16-26-56;/h6-16,18,21-26,28-29,31-32,45-47H,17,19-20,33-44H2,1-2,4-5H3;/q+1;/b18-6+,51-7?,52-48?,53-47?;. The van der Waals surface area contributed by atoms with Crippen molar-refractivity contribution in [1.29, 1.82) is 0 Å². The molecule has 0 N–H and O–H groups in total. The van der Waals surface area contributed by atoms with Crippen LogP contribution >= 0.6 is 7.26 Å². The van der Waals surface area contributed by atoms with Crippen LogP contribution in [0, 0.1) is 16.2 Å². The van der Waals surface area contributed by atoms with E-state index in [1.54, 1.807) is 14.2 Å². The van der Waals surface area contributed by atoms with Gasteiger partial charge in [0.2, 0.25) is 0 Å². The van der Waals surface area contributed by atoms with Crippen molar-refractivity contribution in [3.05, 3.63) is 190 Å². The van der Waals surface area contributed by atoms with E-state index in [-0.39, 0.29) is 0 Å². The molecule has 6 nitrogen and oxygen atoms in total. The van der Waals surface area contributed by atoms with Crippen molar-refractivity contribution >= 4 is 29.3 Å². The van der Waals surface area contributed by atoms with Gasteiger partial charge in [-0.2, -0.15) is 0 Å². The Morgan fingerprint density at radius 2 is 1.09 bits per heavy atom. The Balaban J connectivity index is 1.39. The third kappa shape index (κ3) is 12.6. The molecule has 5 aromatic rings. The SMILES string of the molecule is CC=C1CCCC1=CC(C#Cc1ccc2c(c1)C(CCOCCOCCOC)(CCOCCOCCOC)c1cc(/C=C/C)ccc1-2)=C([C]#[Os])[P+](c1ccccc1)(c1ccccc1)c1ccccc1. The van der Waals surface area contributed by atoms with E-state index in [0.29, 0.717) is 66.1 Å². The van der Waals surface area contributed by atoms with Crippen LogP contribution in [0.2, 0.25) is 0 Å². The first kappa shape index (κ1) is 52.1. The fourth-order valence-corrected chi connectivity index (χ4v) is 15.6. The molecule has 0 amide bonds. The molecular weight excluding hydrogens is 1050 g/mol. The fraction of sp³-hybridized carbons (Fsp3) is 0.328. The molecule has 0 aromatic heterocycles. The Labute approximate surface area is 422 Å². The zero-order valence-electron chi connectivity index (χ0n) is 40.8. The average Bonchev–Trinajstić information content (AvgIpc) is 3.96. The van der Waals surface area contributed by atoms with Crippen LogP contribution in [0.25, 0.3) is 17.2 Å². The third-order valence-electron chi connectivity index (χ3n) is 13.1. The number of ether oxygens (including phenoxy) is 6. The molecule has 0 radical (unpaired) electrons. The minimum absolute atomic E-state index is 0.398. The van der Waals surface area contributed by atoms with Crippen molar-refractivity contribution in [2.24, 2.45) is 0 Å². The van der Waals surface area contributed by atoms with Crippen LogP contribution in [0.3, 0.4) is 0 Å². The molecule has 69 heavy (non-hydrogen) atoms. The molecule has 0 atom stereocenters. The number of allylic oxidation sites excluding steroid dienone is 7. The first-order valence-electron chi connectivity index (χ1n) is 24.3. The zero-order chi connectivity index (χ0) is 48.2. The summed E-state index contributed by atoms with van der Waals surface area (Å²) in [5, 5.41) is 4.98. The van der Waals surface area contributed by atoms with Crippen molar-refractivity contribution in [2.75, 3.05) is 80.3 Å². The molecule has 8 heteroatoms. The van der Waals surface area contributed by atoms with Crippen LogP contribution in [-0.2, 0) is 51.8 Å². The van der Waals surface area contributed by atoms with Crippen molar-refractivity contribution in [1.82, 2.24) is 0 Å². The van der Waals surface area contributed by atoms with Gasteiger partial charge in [-0.3, -0.25) is 0 Å². The molecule has 359 valence electrons. The molecule has 0 unspecified atom stereocenters. The Kier molecular flexibility index (Phi) is 20.4. The summed E-state index contributed by atoms with van der Waals surface area (Å²) in [6.45, 7) is 9.60. The molecule has 2 aliphatic carbocycles. The van der Waals surface area contributed by atoms with E-state index in [1.807, 2.05) is 17.9 Å². The normalized spacial score (nSPS) is 15.5. The van der Waals surface area contributed by atoms with Gasteiger partial charge in [0.05, 0.1) is 52.9 Å². The monoisotopic (exact) mass is 1120 g/mol. The second-order valence-corrected chi connectivity index (χ2v) is 21.2. The summed E-state index contributed by atoms with van der Waals surface area (Å²) in [5.74, 6) is 7.69. The summed E-state index contributed by atoms with van der Waals surface area (Å²) in [5.41, 5.74) is 10.5. The Hall–Kier alpha value is -4.77. The Bertz CT molecular complexity index is 2550. The third-order valence-corrected chi connectivity index (χ3v) is 18.5. The van der Waals surface area contributed by atoms with Crippen LogP contribution in [0.5, 0.6) is 0 Å². The van der Waals surface area contributed by atoms with Crippen LogP contribution in [0.1, 0.15) is 68.2 Å². The second-order valence-electron chi connectivity index (χ2n) is 17.2. The van der Waals surface area contributed by atoms with E-state index in [4.69, 9.17) is 28.4 Å². The van der Waals surface area contributed by atoms with E-state index in [9.17, 15) is 0 Å². The van der Waals surface area contributed by atoms with Crippen LogP contribution in [-0.4, -0.2) is 80.3 Å². The maximum absolute atomic E-state index is 6.36. The predicted octanol–water partition coefficient (Wildman–Crippen LogP) is 11.3. The van der Waals surface area contributed by atoms with Gasteiger partial charge < -0.3 is 18.9 Å². The summed E-state index contributed by atoms with van der Waals surface area (Å²) < 4.78 is 38.5. The van der Waals surface area contributed by atoms with Crippen molar-refractivity contribution in [3.8, 4) is 27.3 Å². The first-order valence-corrected chi connectivity index (χ1v) is 27.3. The number of rotatable bonds is 24. The van der Waals surface area contributed by atoms with Gasteiger partial charge in [-0.05, 0) is 6.92 Å². The van der Waals surface area contributed by atoms with Crippen LogP contribution in [0.4, 0.5) is 0 Å². The van der Waals surface area contributed by atoms with Gasteiger partial charge in [-0.25, -0.2) is 0 Å². The minimum atomic E-state index is -2.52. The van der Waals surface area contributed by atoms with Gasteiger partial charge in [0, 0.05) is 14.2 Å². The van der Waals surface area contributed by atoms with E-state index in [0.717, 1.165) is 48.6 Å². The summed E-state index contributed by atoms with van der Waals surface area (Å²) >= 11 is 1.81. The zero-order valence-corrected chi connectivity index (χ0v) is 44.2. The number of fused-ring (bicyclic) bond motifs is 3. The molecule has 0 saturated heterocycles. The van der Waals surface area contributed by atoms with Gasteiger partial charge in [-0.1, -0.05) is 12.2 Å². The summed E-state index contributed by atoms with van der Waals surface area (Å²) in [4.78, 5) is 0. The predicted molar refractivity (Wildman–Crippen MR) is 282 cm³/mol. The van der Waals surface area contributed by atoms with Crippen LogP contribution in [0.15, 0.2) is 168 Å². The van der Waals surface area contributed by atoms with Gasteiger partial charge in [0.15, 0.2) is 0 Å².